The van der Waals surface area contributed by atoms with Gasteiger partial charge in [-0.1, -0.05) is 50.3 Å². The van der Waals surface area contributed by atoms with Crippen molar-refractivity contribution < 1.29 is 0 Å². The average molecular weight is 286 g/mol. The van der Waals surface area contributed by atoms with Crippen molar-refractivity contribution in [3.63, 3.8) is 0 Å². The summed E-state index contributed by atoms with van der Waals surface area (Å²) in [6.45, 7) is 15.3. The van der Waals surface area contributed by atoms with Gasteiger partial charge >= 0.3 is 0 Å². The monoisotopic (exact) mass is 286 g/mol. The fourth-order valence-corrected chi connectivity index (χ4v) is 3.46. The van der Waals surface area contributed by atoms with Crippen molar-refractivity contribution in [1.29, 1.82) is 0 Å². The summed E-state index contributed by atoms with van der Waals surface area (Å²) in [6.07, 6.45) is 3.10. The smallest absolute Gasteiger partial charge is 0.0535 e. The molecule has 1 heterocycles. The molecule has 1 fully saturated rings. The number of hydrogen-bond acceptors (Lipinski definition) is 2. The molecule has 1 N–H and O–H groups in total. The molecule has 116 valence electrons. The highest BCUT2D eigenvalue weighted by Gasteiger charge is 2.39. The maximum atomic E-state index is 3.92. The predicted octanol–water partition coefficient (Wildman–Crippen LogP) is 3.80. The Kier molecular flexibility index (Phi) is 5.23. The Morgan fingerprint density at radius 1 is 1.33 bits per heavy atom. The van der Waals surface area contributed by atoms with E-state index in [1.54, 1.807) is 0 Å². The predicted molar refractivity (Wildman–Crippen MR) is 91.4 cm³/mol. The van der Waals surface area contributed by atoms with Gasteiger partial charge in [-0.05, 0) is 31.7 Å². The molecular formula is C19H30N2. The van der Waals surface area contributed by atoms with Gasteiger partial charge in [0.1, 0.15) is 0 Å². The number of hydrogen-bond donors (Lipinski definition) is 1. The third-order valence-electron chi connectivity index (χ3n) is 4.88. The first-order chi connectivity index (χ1) is 9.98. The van der Waals surface area contributed by atoms with E-state index in [4.69, 9.17) is 0 Å². The van der Waals surface area contributed by atoms with Crippen molar-refractivity contribution in [3.05, 3.63) is 48.6 Å². The summed E-state index contributed by atoms with van der Waals surface area (Å²) < 4.78 is 0. The molecule has 2 heteroatoms. The summed E-state index contributed by atoms with van der Waals surface area (Å²) in [5.74, 6) is 0.657. The molecule has 0 saturated carbocycles. The van der Waals surface area contributed by atoms with Crippen molar-refractivity contribution in [1.82, 2.24) is 10.2 Å². The molecule has 2 rings (SSSR count). The first-order valence-corrected chi connectivity index (χ1v) is 8.15. The molecule has 2 nitrogen and oxygen atoms in total. The molecule has 0 bridgehead atoms. The number of piperazine rings is 1. The molecule has 21 heavy (non-hydrogen) atoms. The molecule has 0 amide bonds. The van der Waals surface area contributed by atoms with E-state index in [0.29, 0.717) is 18.0 Å². The summed E-state index contributed by atoms with van der Waals surface area (Å²) in [6, 6.07) is 12.0. The molecule has 0 aromatic heterocycles. The van der Waals surface area contributed by atoms with Crippen molar-refractivity contribution in [2.75, 3.05) is 13.1 Å². The lowest BCUT2D eigenvalue weighted by atomic mass is 9.85. The van der Waals surface area contributed by atoms with Gasteiger partial charge in [-0.3, -0.25) is 4.90 Å². The maximum Gasteiger partial charge on any atom is 0.0535 e. The molecule has 1 aromatic rings. The van der Waals surface area contributed by atoms with Crippen molar-refractivity contribution >= 4 is 0 Å². The molecule has 0 aliphatic carbocycles. The van der Waals surface area contributed by atoms with E-state index in [1.807, 2.05) is 6.08 Å². The highest BCUT2D eigenvalue weighted by molar-refractivity contribution is 5.25. The number of benzene rings is 1. The van der Waals surface area contributed by atoms with Gasteiger partial charge in [-0.25, -0.2) is 0 Å². The summed E-state index contributed by atoms with van der Waals surface area (Å²) in [7, 11) is 0. The van der Waals surface area contributed by atoms with Crippen LogP contribution in [0.3, 0.4) is 0 Å². The van der Waals surface area contributed by atoms with Crippen LogP contribution in [0.5, 0.6) is 0 Å². The quantitative estimate of drug-likeness (QED) is 0.828. The minimum atomic E-state index is 0.0298. The van der Waals surface area contributed by atoms with Crippen LogP contribution in [0.2, 0.25) is 0 Å². The van der Waals surface area contributed by atoms with Crippen LogP contribution in [0.4, 0.5) is 0 Å². The Balaban J connectivity index is 2.24. The molecule has 0 radical (unpaired) electrons. The number of nitrogens with one attached hydrogen (secondary N) is 1. The number of rotatable bonds is 5. The molecule has 1 aliphatic rings. The minimum absolute atomic E-state index is 0.0298. The van der Waals surface area contributed by atoms with E-state index in [-0.39, 0.29) is 5.54 Å². The largest absolute Gasteiger partial charge is 0.305 e. The van der Waals surface area contributed by atoms with Crippen LogP contribution in [-0.2, 0) is 5.54 Å². The zero-order chi connectivity index (χ0) is 15.5. The zero-order valence-corrected chi connectivity index (χ0v) is 14.0. The van der Waals surface area contributed by atoms with E-state index >= 15 is 0 Å². The lowest BCUT2D eigenvalue weighted by Gasteiger charge is -2.50. The van der Waals surface area contributed by atoms with E-state index < -0.39 is 0 Å². The standard InChI is InChI=1S/C19H30N2/c1-6-10-16(4)21-14-19(5,17-11-8-7-9-12-17)20-13-18(21)15(2)3/h6-9,11-12,15-16,18,20H,1,10,13-14H2,2-5H3. The second-order valence-corrected chi connectivity index (χ2v) is 6.94. The lowest BCUT2D eigenvalue weighted by Crippen LogP contribution is -2.64. The number of nitrogens with zero attached hydrogens (tertiary/aromatic N) is 1. The second kappa shape index (κ2) is 6.76. The summed E-state index contributed by atoms with van der Waals surface area (Å²) in [5.41, 5.74) is 1.41. The Bertz CT molecular complexity index is 454. The van der Waals surface area contributed by atoms with Gasteiger partial charge in [-0.15, -0.1) is 6.58 Å². The Hall–Kier alpha value is -1.12. The highest BCUT2D eigenvalue weighted by atomic mass is 15.3. The van der Waals surface area contributed by atoms with Gasteiger partial charge < -0.3 is 5.32 Å². The van der Waals surface area contributed by atoms with Crippen molar-refractivity contribution in [3.8, 4) is 0 Å². The maximum absolute atomic E-state index is 3.92. The average Bonchev–Trinajstić information content (AvgIpc) is 2.48. The van der Waals surface area contributed by atoms with Crippen LogP contribution in [0, 0.1) is 5.92 Å². The van der Waals surface area contributed by atoms with Crippen LogP contribution in [0.25, 0.3) is 0 Å². The van der Waals surface area contributed by atoms with Crippen LogP contribution in [0.15, 0.2) is 43.0 Å². The summed E-state index contributed by atoms with van der Waals surface area (Å²) in [5, 5.41) is 3.80. The fourth-order valence-electron chi connectivity index (χ4n) is 3.46. The molecule has 3 unspecified atom stereocenters. The Morgan fingerprint density at radius 2 is 2.00 bits per heavy atom. The normalized spacial score (nSPS) is 28.5. The molecule has 1 aliphatic heterocycles. The van der Waals surface area contributed by atoms with Gasteiger partial charge in [-0.2, -0.15) is 0 Å². The van der Waals surface area contributed by atoms with Crippen LogP contribution in [-0.4, -0.2) is 30.1 Å². The lowest BCUT2D eigenvalue weighted by molar-refractivity contribution is 0.0311. The van der Waals surface area contributed by atoms with Gasteiger partial charge in [0.25, 0.3) is 0 Å². The van der Waals surface area contributed by atoms with Crippen molar-refractivity contribution in [2.45, 2.75) is 51.7 Å². The Labute approximate surface area is 130 Å². The summed E-state index contributed by atoms with van der Waals surface area (Å²) in [4.78, 5) is 2.68. The topological polar surface area (TPSA) is 15.3 Å². The molecular weight excluding hydrogens is 256 g/mol. The Morgan fingerprint density at radius 3 is 2.57 bits per heavy atom. The van der Waals surface area contributed by atoms with E-state index in [9.17, 15) is 0 Å². The second-order valence-electron chi connectivity index (χ2n) is 6.94. The first-order valence-electron chi connectivity index (χ1n) is 8.15. The van der Waals surface area contributed by atoms with E-state index in [1.165, 1.54) is 5.56 Å². The van der Waals surface area contributed by atoms with Crippen LogP contribution >= 0.6 is 0 Å². The summed E-state index contributed by atoms with van der Waals surface area (Å²) >= 11 is 0. The van der Waals surface area contributed by atoms with Crippen molar-refractivity contribution in [2.24, 2.45) is 5.92 Å². The van der Waals surface area contributed by atoms with Gasteiger partial charge in [0, 0.05) is 25.2 Å². The van der Waals surface area contributed by atoms with E-state index in [0.717, 1.165) is 19.5 Å². The molecule has 3 atom stereocenters. The molecule has 0 spiro atoms. The highest BCUT2D eigenvalue weighted by Crippen LogP contribution is 2.30. The SMILES string of the molecule is C=CCC(C)N1CC(C)(c2ccccc2)NCC1C(C)C. The zero-order valence-electron chi connectivity index (χ0n) is 14.0. The molecule has 1 aromatic carbocycles. The minimum Gasteiger partial charge on any atom is -0.305 e. The van der Waals surface area contributed by atoms with Gasteiger partial charge in [0.2, 0.25) is 0 Å². The van der Waals surface area contributed by atoms with E-state index in [2.05, 4.69) is 74.8 Å². The van der Waals surface area contributed by atoms with Gasteiger partial charge in [0.05, 0.1) is 5.54 Å². The van der Waals surface area contributed by atoms with Crippen LogP contribution in [0.1, 0.15) is 39.7 Å². The first kappa shape index (κ1) is 16.3. The van der Waals surface area contributed by atoms with Crippen LogP contribution < -0.4 is 5.32 Å². The third kappa shape index (κ3) is 3.56. The fraction of sp³-hybridized carbons (Fsp3) is 0.579. The third-order valence-corrected chi connectivity index (χ3v) is 4.88. The molecule has 1 saturated heterocycles. The van der Waals surface area contributed by atoms with Gasteiger partial charge in [0.15, 0.2) is 0 Å².